The Morgan fingerprint density at radius 2 is 2.12 bits per heavy atom. The van der Waals surface area contributed by atoms with Gasteiger partial charge in [-0.15, -0.1) is 0 Å². The number of carbonyl (C=O) groups excluding carboxylic acids is 1. The van der Waals surface area contributed by atoms with E-state index in [9.17, 15) is 14.0 Å². The first-order valence-corrected chi connectivity index (χ1v) is 4.77. The van der Waals surface area contributed by atoms with Crippen LogP contribution in [0.1, 0.15) is 22.3 Å². The van der Waals surface area contributed by atoms with Crippen LogP contribution in [0.3, 0.4) is 0 Å². The Labute approximate surface area is 92.1 Å². The van der Waals surface area contributed by atoms with Crippen LogP contribution in [0.15, 0.2) is 18.2 Å². The van der Waals surface area contributed by atoms with Crippen LogP contribution in [0.5, 0.6) is 0 Å². The Morgan fingerprint density at radius 1 is 1.44 bits per heavy atom. The molecule has 0 unspecified atom stereocenters. The molecule has 0 aliphatic rings. The fraction of sp³-hybridized carbons (Fsp3) is 0.273. The SMILES string of the molecule is Cc1c(F)cccc1C(=O)NCCC(=O)O. The second-order valence-corrected chi connectivity index (χ2v) is 3.31. The summed E-state index contributed by atoms with van der Waals surface area (Å²) in [6.07, 6.45) is -0.153. The number of rotatable bonds is 4. The van der Waals surface area contributed by atoms with Crippen LogP contribution < -0.4 is 5.32 Å². The fourth-order valence-electron chi connectivity index (χ4n) is 1.23. The summed E-state index contributed by atoms with van der Waals surface area (Å²) in [5.74, 6) is -1.90. The molecule has 2 N–H and O–H groups in total. The fourth-order valence-corrected chi connectivity index (χ4v) is 1.23. The van der Waals surface area contributed by atoms with Crippen molar-refractivity contribution < 1.29 is 19.1 Å². The maximum Gasteiger partial charge on any atom is 0.305 e. The lowest BCUT2D eigenvalue weighted by Crippen LogP contribution is -2.26. The number of aliphatic carboxylic acids is 1. The minimum absolute atomic E-state index is 0.0319. The zero-order chi connectivity index (χ0) is 12.1. The smallest absolute Gasteiger partial charge is 0.305 e. The summed E-state index contributed by atoms with van der Waals surface area (Å²) in [6, 6.07) is 4.20. The van der Waals surface area contributed by atoms with Gasteiger partial charge in [0.1, 0.15) is 5.82 Å². The van der Waals surface area contributed by atoms with E-state index < -0.39 is 17.7 Å². The van der Waals surface area contributed by atoms with Gasteiger partial charge in [-0.1, -0.05) is 6.07 Å². The normalized spacial score (nSPS) is 9.88. The van der Waals surface area contributed by atoms with Gasteiger partial charge in [-0.25, -0.2) is 4.39 Å². The van der Waals surface area contributed by atoms with Gasteiger partial charge in [0.25, 0.3) is 5.91 Å². The lowest BCUT2D eigenvalue weighted by Gasteiger charge is -2.06. The first-order chi connectivity index (χ1) is 7.52. The van der Waals surface area contributed by atoms with Crippen LogP contribution in [-0.2, 0) is 4.79 Å². The Kier molecular flexibility index (Phi) is 3.99. The van der Waals surface area contributed by atoms with Crippen molar-refractivity contribution in [2.75, 3.05) is 6.54 Å². The molecule has 4 nitrogen and oxygen atoms in total. The predicted octanol–water partition coefficient (Wildman–Crippen LogP) is 1.34. The number of nitrogens with one attached hydrogen (secondary N) is 1. The van der Waals surface area contributed by atoms with E-state index in [4.69, 9.17) is 5.11 Å². The topological polar surface area (TPSA) is 66.4 Å². The van der Waals surface area contributed by atoms with Crippen molar-refractivity contribution in [3.05, 3.63) is 35.1 Å². The number of hydrogen-bond donors (Lipinski definition) is 2. The van der Waals surface area contributed by atoms with Crippen LogP contribution in [0.25, 0.3) is 0 Å². The third-order valence-electron chi connectivity index (χ3n) is 2.14. The number of amides is 1. The molecule has 0 fully saturated rings. The quantitative estimate of drug-likeness (QED) is 0.812. The Bertz CT molecular complexity index is 418. The van der Waals surface area contributed by atoms with Crippen molar-refractivity contribution in [3.8, 4) is 0 Å². The lowest BCUT2D eigenvalue weighted by molar-refractivity contribution is -0.136. The van der Waals surface area contributed by atoms with Crippen molar-refractivity contribution in [1.82, 2.24) is 5.32 Å². The van der Waals surface area contributed by atoms with Gasteiger partial charge in [0.15, 0.2) is 0 Å². The van der Waals surface area contributed by atoms with Crippen molar-refractivity contribution in [1.29, 1.82) is 0 Å². The number of hydrogen-bond acceptors (Lipinski definition) is 2. The molecule has 0 saturated heterocycles. The summed E-state index contributed by atoms with van der Waals surface area (Å²) in [4.78, 5) is 21.8. The third kappa shape index (κ3) is 3.05. The Hall–Kier alpha value is -1.91. The standard InChI is InChI=1S/C11H12FNO3/c1-7-8(3-2-4-9(7)12)11(16)13-6-5-10(14)15/h2-4H,5-6H2,1H3,(H,13,16)(H,14,15). The van der Waals surface area contributed by atoms with Gasteiger partial charge < -0.3 is 10.4 Å². The van der Waals surface area contributed by atoms with Gasteiger partial charge in [-0.2, -0.15) is 0 Å². The number of halogens is 1. The molecule has 0 spiro atoms. The highest BCUT2D eigenvalue weighted by molar-refractivity contribution is 5.95. The molecule has 86 valence electrons. The third-order valence-corrected chi connectivity index (χ3v) is 2.14. The molecule has 0 aliphatic carbocycles. The Balaban J connectivity index is 2.66. The van der Waals surface area contributed by atoms with E-state index in [1.54, 1.807) is 0 Å². The van der Waals surface area contributed by atoms with E-state index in [-0.39, 0.29) is 24.1 Å². The average molecular weight is 225 g/mol. The first kappa shape index (κ1) is 12.2. The minimum Gasteiger partial charge on any atom is -0.481 e. The predicted molar refractivity (Wildman–Crippen MR) is 55.7 cm³/mol. The zero-order valence-electron chi connectivity index (χ0n) is 8.79. The molecule has 1 rings (SSSR count). The van der Waals surface area contributed by atoms with E-state index in [1.807, 2.05) is 0 Å². The van der Waals surface area contributed by atoms with Crippen molar-refractivity contribution in [3.63, 3.8) is 0 Å². The summed E-state index contributed by atoms with van der Waals surface area (Å²) < 4.78 is 13.1. The molecule has 0 heterocycles. The molecule has 5 heteroatoms. The van der Waals surface area contributed by atoms with Crippen LogP contribution in [0.4, 0.5) is 4.39 Å². The maximum absolute atomic E-state index is 13.1. The average Bonchev–Trinajstić information content (AvgIpc) is 2.21. The molecular formula is C11H12FNO3. The molecular weight excluding hydrogens is 213 g/mol. The molecule has 0 bridgehead atoms. The molecule has 0 aromatic heterocycles. The van der Waals surface area contributed by atoms with Crippen molar-refractivity contribution >= 4 is 11.9 Å². The summed E-state index contributed by atoms with van der Waals surface area (Å²) >= 11 is 0. The van der Waals surface area contributed by atoms with Gasteiger partial charge in [-0.3, -0.25) is 9.59 Å². The molecule has 16 heavy (non-hydrogen) atoms. The maximum atomic E-state index is 13.1. The molecule has 1 aromatic carbocycles. The first-order valence-electron chi connectivity index (χ1n) is 4.77. The Morgan fingerprint density at radius 3 is 2.75 bits per heavy atom. The van der Waals surface area contributed by atoms with Gasteiger partial charge in [0.05, 0.1) is 6.42 Å². The zero-order valence-corrected chi connectivity index (χ0v) is 8.79. The lowest BCUT2D eigenvalue weighted by atomic mass is 10.1. The molecule has 1 amide bonds. The molecule has 1 aromatic rings. The molecule has 0 saturated carbocycles. The van der Waals surface area contributed by atoms with E-state index >= 15 is 0 Å². The number of carbonyl (C=O) groups is 2. The molecule has 0 radical (unpaired) electrons. The summed E-state index contributed by atoms with van der Waals surface area (Å²) in [5, 5.41) is 10.8. The van der Waals surface area contributed by atoms with Gasteiger partial charge in [-0.05, 0) is 24.6 Å². The number of benzene rings is 1. The highest BCUT2D eigenvalue weighted by atomic mass is 19.1. The second-order valence-electron chi connectivity index (χ2n) is 3.31. The summed E-state index contributed by atoms with van der Waals surface area (Å²) in [5.41, 5.74) is 0.487. The summed E-state index contributed by atoms with van der Waals surface area (Å²) in [7, 11) is 0. The van der Waals surface area contributed by atoms with Gasteiger partial charge >= 0.3 is 5.97 Å². The molecule has 0 aliphatic heterocycles. The highest BCUT2D eigenvalue weighted by Gasteiger charge is 2.11. The van der Waals surface area contributed by atoms with Gasteiger partial charge in [0, 0.05) is 12.1 Å². The van der Waals surface area contributed by atoms with Crippen molar-refractivity contribution in [2.45, 2.75) is 13.3 Å². The van der Waals surface area contributed by atoms with Gasteiger partial charge in [0.2, 0.25) is 0 Å². The van der Waals surface area contributed by atoms with Crippen LogP contribution in [0.2, 0.25) is 0 Å². The highest BCUT2D eigenvalue weighted by Crippen LogP contribution is 2.11. The van der Waals surface area contributed by atoms with E-state index in [0.717, 1.165) is 0 Å². The summed E-state index contributed by atoms with van der Waals surface area (Å²) in [6.45, 7) is 1.53. The number of carboxylic acid groups (broad SMARTS) is 1. The van der Waals surface area contributed by atoms with E-state index in [0.29, 0.717) is 0 Å². The largest absolute Gasteiger partial charge is 0.481 e. The van der Waals surface area contributed by atoms with Crippen LogP contribution in [0, 0.1) is 12.7 Å². The van der Waals surface area contributed by atoms with E-state index in [1.165, 1.54) is 25.1 Å². The van der Waals surface area contributed by atoms with Crippen LogP contribution in [-0.4, -0.2) is 23.5 Å². The van der Waals surface area contributed by atoms with E-state index in [2.05, 4.69) is 5.32 Å². The minimum atomic E-state index is -0.990. The monoisotopic (exact) mass is 225 g/mol. The second kappa shape index (κ2) is 5.25. The van der Waals surface area contributed by atoms with Crippen molar-refractivity contribution in [2.24, 2.45) is 0 Å². The molecule has 0 atom stereocenters. The number of carboxylic acids is 1. The van der Waals surface area contributed by atoms with Crippen LogP contribution >= 0.6 is 0 Å².